The summed E-state index contributed by atoms with van der Waals surface area (Å²) in [6.07, 6.45) is 3.67. The summed E-state index contributed by atoms with van der Waals surface area (Å²) in [5.41, 5.74) is 5.44. The lowest BCUT2D eigenvalue weighted by Crippen LogP contribution is -2.34. The maximum absolute atomic E-state index is 10.1. The molecule has 2 aliphatic heterocycles. The molecule has 7 nitrogen and oxygen atoms in total. The second-order valence-electron chi connectivity index (χ2n) is 7.95. The number of rotatable bonds is 3. The first-order valence-electron chi connectivity index (χ1n) is 10.2. The molecule has 0 unspecified atom stereocenters. The van der Waals surface area contributed by atoms with Crippen LogP contribution in [0.25, 0.3) is 11.1 Å². The summed E-state index contributed by atoms with van der Waals surface area (Å²) < 4.78 is 7.34. The highest BCUT2D eigenvalue weighted by molar-refractivity contribution is 6.61. The molecule has 1 saturated heterocycles. The molecule has 2 aromatic carbocycles. The van der Waals surface area contributed by atoms with Crippen LogP contribution < -0.4 is 10.4 Å². The Morgan fingerprint density at radius 3 is 2.80 bits per heavy atom. The maximum Gasteiger partial charge on any atom is 0.491 e. The van der Waals surface area contributed by atoms with Crippen molar-refractivity contribution < 1.29 is 9.68 Å². The van der Waals surface area contributed by atoms with Crippen LogP contribution in [0.4, 0.5) is 5.69 Å². The number of aryl methyl sites for hydroxylation is 1. The van der Waals surface area contributed by atoms with Gasteiger partial charge in [-0.05, 0) is 35.5 Å². The van der Waals surface area contributed by atoms with E-state index in [1.807, 2.05) is 41.9 Å². The molecule has 0 bridgehead atoms. The van der Waals surface area contributed by atoms with E-state index in [0.717, 1.165) is 59.6 Å². The molecule has 1 fully saturated rings. The number of nitriles is 1. The Morgan fingerprint density at radius 2 is 2.07 bits per heavy atom. The molecule has 0 aliphatic carbocycles. The Kier molecular flexibility index (Phi) is 4.77. The van der Waals surface area contributed by atoms with E-state index in [0.29, 0.717) is 18.1 Å². The van der Waals surface area contributed by atoms with Crippen molar-refractivity contribution in [1.29, 1.82) is 5.26 Å². The number of hydrogen-bond donors (Lipinski definition) is 1. The molecule has 30 heavy (non-hydrogen) atoms. The summed E-state index contributed by atoms with van der Waals surface area (Å²) in [5, 5.41) is 28.2. The Labute approximate surface area is 175 Å². The predicted octanol–water partition coefficient (Wildman–Crippen LogP) is 1.96. The molecule has 0 atom stereocenters. The van der Waals surface area contributed by atoms with E-state index >= 15 is 0 Å². The Morgan fingerprint density at radius 1 is 1.23 bits per heavy atom. The van der Waals surface area contributed by atoms with Gasteiger partial charge in [-0.15, -0.1) is 10.2 Å². The van der Waals surface area contributed by atoms with Crippen molar-refractivity contribution in [3.63, 3.8) is 0 Å². The largest absolute Gasteiger partial charge is 0.491 e. The van der Waals surface area contributed by atoms with E-state index in [9.17, 15) is 10.3 Å². The van der Waals surface area contributed by atoms with Crippen LogP contribution in [0, 0.1) is 11.3 Å². The molecule has 3 aromatic rings. The summed E-state index contributed by atoms with van der Waals surface area (Å²) in [6.45, 7) is 2.12. The van der Waals surface area contributed by atoms with Crippen LogP contribution in [0.15, 0.2) is 42.7 Å². The quantitative estimate of drug-likeness (QED) is 0.678. The fraction of sp³-hybridized carbons (Fsp3) is 0.318. The minimum Gasteiger partial charge on any atom is -0.423 e. The van der Waals surface area contributed by atoms with Crippen LogP contribution in [0.5, 0.6) is 0 Å². The average Bonchev–Trinajstić information content (AvgIpc) is 3.38. The average molecular weight is 399 g/mol. The minimum atomic E-state index is -0.885. The molecule has 2 aliphatic rings. The number of hydrogen-bond acceptors (Lipinski definition) is 6. The summed E-state index contributed by atoms with van der Waals surface area (Å²) in [7, 11) is 1.10. The summed E-state index contributed by atoms with van der Waals surface area (Å²) >= 11 is 0. The first kappa shape index (κ1) is 18.9. The van der Waals surface area contributed by atoms with Crippen molar-refractivity contribution in [3.05, 3.63) is 59.7 Å². The van der Waals surface area contributed by atoms with Crippen LogP contribution in [0.1, 0.15) is 35.7 Å². The van der Waals surface area contributed by atoms with Gasteiger partial charge in [0.25, 0.3) is 0 Å². The SMILES string of the molecule is Cn1cnnc1C1CCN(c2c(C#N)cccc2-c2ccc3c(c2)B(O)OC3)CC1. The molecule has 150 valence electrons. The number of piperidine rings is 1. The van der Waals surface area contributed by atoms with Crippen LogP contribution in [-0.2, 0) is 18.3 Å². The van der Waals surface area contributed by atoms with Gasteiger partial charge < -0.3 is 19.1 Å². The van der Waals surface area contributed by atoms with E-state index in [1.165, 1.54) is 0 Å². The van der Waals surface area contributed by atoms with Crippen molar-refractivity contribution >= 4 is 18.3 Å². The maximum atomic E-state index is 10.1. The minimum absolute atomic E-state index is 0.374. The Balaban J connectivity index is 1.48. The smallest absolute Gasteiger partial charge is 0.423 e. The molecular weight excluding hydrogens is 377 g/mol. The van der Waals surface area contributed by atoms with Gasteiger partial charge in [0.1, 0.15) is 18.2 Å². The second-order valence-corrected chi connectivity index (χ2v) is 7.95. The molecule has 3 heterocycles. The van der Waals surface area contributed by atoms with E-state index in [-0.39, 0.29) is 0 Å². The van der Waals surface area contributed by atoms with Crippen molar-refractivity contribution in [2.45, 2.75) is 25.4 Å². The van der Waals surface area contributed by atoms with Crippen LogP contribution >= 0.6 is 0 Å². The van der Waals surface area contributed by atoms with Crippen molar-refractivity contribution in [3.8, 4) is 17.2 Å². The predicted molar refractivity (Wildman–Crippen MR) is 114 cm³/mol. The van der Waals surface area contributed by atoms with Crippen LogP contribution in [0.2, 0.25) is 0 Å². The third-order valence-electron chi connectivity index (χ3n) is 6.20. The Hall–Kier alpha value is -3.15. The highest BCUT2D eigenvalue weighted by Gasteiger charge is 2.29. The number of anilines is 1. The Bertz CT molecular complexity index is 1130. The summed E-state index contributed by atoms with van der Waals surface area (Å²) in [4.78, 5) is 2.31. The van der Waals surface area contributed by atoms with Gasteiger partial charge in [-0.3, -0.25) is 0 Å². The van der Waals surface area contributed by atoms with Crippen LogP contribution in [-0.4, -0.2) is 40.0 Å². The zero-order valence-electron chi connectivity index (χ0n) is 16.8. The van der Waals surface area contributed by atoms with E-state index < -0.39 is 7.12 Å². The zero-order chi connectivity index (χ0) is 20.7. The van der Waals surface area contributed by atoms with E-state index in [2.05, 4.69) is 27.2 Å². The molecule has 0 amide bonds. The number of aromatic nitrogens is 3. The van der Waals surface area contributed by atoms with Gasteiger partial charge in [-0.1, -0.05) is 30.3 Å². The fourth-order valence-corrected chi connectivity index (χ4v) is 4.61. The third kappa shape index (κ3) is 3.16. The lowest BCUT2D eigenvalue weighted by molar-refractivity contribution is 0.275. The third-order valence-corrected chi connectivity index (χ3v) is 6.20. The van der Waals surface area contributed by atoms with E-state index in [1.54, 1.807) is 6.33 Å². The van der Waals surface area contributed by atoms with Gasteiger partial charge in [0.2, 0.25) is 0 Å². The molecule has 0 radical (unpaired) electrons. The number of fused-ring (bicyclic) bond motifs is 1. The van der Waals surface area contributed by atoms with Gasteiger partial charge in [0.05, 0.1) is 17.9 Å². The molecule has 1 aromatic heterocycles. The molecule has 0 saturated carbocycles. The fourth-order valence-electron chi connectivity index (χ4n) is 4.61. The summed E-state index contributed by atoms with van der Waals surface area (Å²) in [6, 6.07) is 14.3. The van der Waals surface area contributed by atoms with Gasteiger partial charge >= 0.3 is 7.12 Å². The van der Waals surface area contributed by atoms with Crippen molar-refractivity contribution in [2.75, 3.05) is 18.0 Å². The van der Waals surface area contributed by atoms with E-state index in [4.69, 9.17) is 4.65 Å². The van der Waals surface area contributed by atoms with Gasteiger partial charge in [-0.2, -0.15) is 5.26 Å². The number of benzene rings is 2. The van der Waals surface area contributed by atoms with Gasteiger partial charge in [0, 0.05) is 31.6 Å². The van der Waals surface area contributed by atoms with Crippen LogP contribution in [0.3, 0.4) is 0 Å². The summed E-state index contributed by atoms with van der Waals surface area (Å²) in [5.74, 6) is 1.40. The van der Waals surface area contributed by atoms with Crippen molar-refractivity contribution in [1.82, 2.24) is 14.8 Å². The monoisotopic (exact) mass is 399 g/mol. The first-order valence-corrected chi connectivity index (χ1v) is 10.2. The van der Waals surface area contributed by atoms with Crippen molar-refractivity contribution in [2.24, 2.45) is 7.05 Å². The molecule has 5 rings (SSSR count). The molecular formula is C22H22BN5O2. The molecule has 0 spiro atoms. The van der Waals surface area contributed by atoms with Gasteiger partial charge in [0.15, 0.2) is 0 Å². The highest BCUT2D eigenvalue weighted by atomic mass is 16.5. The molecule has 8 heteroatoms. The molecule has 1 N–H and O–H groups in total. The van der Waals surface area contributed by atoms with Gasteiger partial charge in [-0.25, -0.2) is 0 Å². The first-order chi connectivity index (χ1) is 14.7. The standard InChI is InChI=1S/C22H22BN5O2/c1-27-14-25-26-22(27)15-7-9-28(10-8-15)21-17(12-24)3-2-4-19(21)16-5-6-18-13-30-23(29)20(18)11-16/h2-6,11,14-15,29H,7-10,13H2,1H3. The second kappa shape index (κ2) is 7.60. The lowest BCUT2D eigenvalue weighted by atomic mass is 9.78. The lowest BCUT2D eigenvalue weighted by Gasteiger charge is -2.35. The zero-order valence-corrected chi connectivity index (χ0v) is 16.8. The normalized spacial score (nSPS) is 16.6. The number of nitrogens with zero attached hydrogens (tertiary/aromatic N) is 5. The highest BCUT2D eigenvalue weighted by Crippen LogP contribution is 2.37. The number of para-hydroxylation sites is 1. The topological polar surface area (TPSA) is 87.2 Å².